The van der Waals surface area contributed by atoms with Crippen LogP contribution < -0.4 is 5.32 Å². The molecule has 110 valence electrons. The van der Waals surface area contributed by atoms with E-state index in [9.17, 15) is 18.0 Å². The summed E-state index contributed by atoms with van der Waals surface area (Å²) < 4.78 is 39.4. The van der Waals surface area contributed by atoms with Crippen molar-refractivity contribution in [2.24, 2.45) is 0 Å². The molecule has 0 radical (unpaired) electrons. The van der Waals surface area contributed by atoms with Crippen molar-refractivity contribution in [2.75, 3.05) is 10.6 Å². The molecule has 0 heterocycles. The summed E-state index contributed by atoms with van der Waals surface area (Å²) >= 11 is 3.32. The summed E-state index contributed by atoms with van der Waals surface area (Å²) in [5.74, 6) is -5.32. The lowest BCUT2D eigenvalue weighted by molar-refractivity contribution is 0.102. The Bertz CT molecular complexity index is 659. The van der Waals surface area contributed by atoms with E-state index in [1.165, 1.54) is 0 Å². The lowest BCUT2D eigenvalue weighted by Crippen LogP contribution is -2.15. The maximum absolute atomic E-state index is 13.5. The molecule has 2 nitrogen and oxygen atoms in total. The first-order chi connectivity index (χ1) is 10.0. The number of carbonyl (C=O) groups excluding carboxylic acids is 1. The van der Waals surface area contributed by atoms with Crippen molar-refractivity contribution in [3.63, 3.8) is 0 Å². The molecule has 2 aromatic rings. The second-order valence-electron chi connectivity index (χ2n) is 4.31. The topological polar surface area (TPSA) is 29.1 Å². The molecule has 21 heavy (non-hydrogen) atoms. The van der Waals surface area contributed by atoms with E-state index in [-0.39, 0.29) is 0 Å². The summed E-state index contributed by atoms with van der Waals surface area (Å²) in [5.41, 5.74) is 0.977. The van der Waals surface area contributed by atoms with Gasteiger partial charge in [0, 0.05) is 11.0 Å². The van der Waals surface area contributed by atoms with Gasteiger partial charge in [0.15, 0.2) is 17.5 Å². The molecule has 0 saturated carbocycles. The van der Waals surface area contributed by atoms with Crippen LogP contribution >= 0.6 is 15.9 Å². The minimum Gasteiger partial charge on any atom is -0.322 e. The van der Waals surface area contributed by atoms with Gasteiger partial charge in [-0.2, -0.15) is 0 Å². The first-order valence-corrected chi connectivity index (χ1v) is 7.25. The lowest BCUT2D eigenvalue weighted by atomic mass is 10.1. The Kier molecular flexibility index (Phi) is 5.01. The molecule has 0 saturated heterocycles. The van der Waals surface area contributed by atoms with Crippen LogP contribution in [0, 0.1) is 17.5 Å². The zero-order chi connectivity index (χ0) is 15.4. The molecular weight excluding hydrogens is 347 g/mol. The van der Waals surface area contributed by atoms with Crippen molar-refractivity contribution >= 4 is 27.5 Å². The second kappa shape index (κ2) is 6.76. The van der Waals surface area contributed by atoms with Crippen molar-refractivity contribution in [3.05, 3.63) is 65.0 Å². The Morgan fingerprint density at radius 1 is 1.00 bits per heavy atom. The summed E-state index contributed by atoms with van der Waals surface area (Å²) in [6, 6.07) is 8.58. The predicted molar refractivity (Wildman–Crippen MR) is 78.2 cm³/mol. The van der Waals surface area contributed by atoms with Gasteiger partial charge in [-0.15, -0.1) is 0 Å². The van der Waals surface area contributed by atoms with Crippen LogP contribution in [0.25, 0.3) is 0 Å². The van der Waals surface area contributed by atoms with Crippen LogP contribution in [-0.4, -0.2) is 11.2 Å². The smallest absolute Gasteiger partial charge is 0.258 e. The highest BCUT2D eigenvalue weighted by Crippen LogP contribution is 2.17. The third kappa shape index (κ3) is 3.64. The molecule has 0 aromatic heterocycles. The van der Waals surface area contributed by atoms with Gasteiger partial charge < -0.3 is 5.32 Å². The largest absolute Gasteiger partial charge is 0.322 e. The predicted octanol–water partition coefficient (Wildman–Crippen LogP) is 4.29. The molecule has 0 fully saturated rings. The molecule has 1 amide bonds. The minimum atomic E-state index is -1.66. The standard InChI is InChI=1S/C15H11BrF3NO/c16-8-7-9-1-3-10(4-2-9)20-15(21)11-5-6-12(17)14(19)13(11)18/h1-6H,7-8H2,(H,20,21). The maximum Gasteiger partial charge on any atom is 0.258 e. The van der Waals surface area contributed by atoms with Crippen molar-refractivity contribution in [1.29, 1.82) is 0 Å². The number of amides is 1. The van der Waals surface area contributed by atoms with Gasteiger partial charge in [0.05, 0.1) is 5.56 Å². The maximum atomic E-state index is 13.5. The second-order valence-corrected chi connectivity index (χ2v) is 5.11. The molecule has 0 spiro atoms. The van der Waals surface area contributed by atoms with Crippen molar-refractivity contribution < 1.29 is 18.0 Å². The molecule has 2 aromatic carbocycles. The Morgan fingerprint density at radius 2 is 1.67 bits per heavy atom. The van der Waals surface area contributed by atoms with Crippen LogP contribution in [0.3, 0.4) is 0 Å². The minimum absolute atomic E-state index is 0.447. The summed E-state index contributed by atoms with van der Waals surface area (Å²) in [6.45, 7) is 0. The summed E-state index contributed by atoms with van der Waals surface area (Å²) in [6.07, 6.45) is 0.839. The molecule has 2 rings (SSSR count). The van der Waals surface area contributed by atoms with Crippen molar-refractivity contribution in [3.8, 4) is 0 Å². The molecule has 0 bridgehead atoms. The highest BCUT2D eigenvalue weighted by atomic mass is 79.9. The van der Waals surface area contributed by atoms with E-state index >= 15 is 0 Å². The van der Waals surface area contributed by atoms with Crippen molar-refractivity contribution in [2.45, 2.75) is 6.42 Å². The van der Waals surface area contributed by atoms with E-state index in [1.54, 1.807) is 12.1 Å². The zero-order valence-corrected chi connectivity index (χ0v) is 12.4. The number of anilines is 1. The fourth-order valence-corrected chi connectivity index (χ4v) is 2.22. The molecule has 0 aliphatic carbocycles. The first-order valence-electron chi connectivity index (χ1n) is 6.12. The quantitative estimate of drug-likeness (QED) is 0.641. The van der Waals surface area contributed by atoms with Gasteiger partial charge in [0.2, 0.25) is 0 Å². The van der Waals surface area contributed by atoms with E-state index in [0.29, 0.717) is 11.8 Å². The van der Waals surface area contributed by atoms with Crippen LogP contribution in [0.15, 0.2) is 36.4 Å². The normalized spacial score (nSPS) is 10.5. The van der Waals surface area contributed by atoms with Gasteiger partial charge in [0.1, 0.15) is 0 Å². The molecule has 6 heteroatoms. The Balaban J connectivity index is 2.16. The Hall–Kier alpha value is -1.82. The molecule has 1 N–H and O–H groups in total. The van der Waals surface area contributed by atoms with E-state index < -0.39 is 28.9 Å². The van der Waals surface area contributed by atoms with Crippen LogP contribution in [0.5, 0.6) is 0 Å². The van der Waals surface area contributed by atoms with E-state index in [2.05, 4.69) is 21.2 Å². The van der Waals surface area contributed by atoms with E-state index in [0.717, 1.165) is 23.4 Å². The number of alkyl halides is 1. The number of carbonyl (C=O) groups is 1. The number of rotatable bonds is 4. The fourth-order valence-electron chi connectivity index (χ4n) is 1.76. The third-order valence-corrected chi connectivity index (χ3v) is 3.27. The number of benzene rings is 2. The van der Waals surface area contributed by atoms with Gasteiger partial charge in [-0.3, -0.25) is 4.79 Å². The van der Waals surface area contributed by atoms with E-state index in [4.69, 9.17) is 0 Å². The number of hydrogen-bond donors (Lipinski definition) is 1. The molecular formula is C15H11BrF3NO. The summed E-state index contributed by atoms with van der Waals surface area (Å²) in [4.78, 5) is 11.9. The van der Waals surface area contributed by atoms with Gasteiger partial charge in [-0.05, 0) is 36.2 Å². The van der Waals surface area contributed by atoms with E-state index in [1.807, 2.05) is 12.1 Å². The van der Waals surface area contributed by atoms with Gasteiger partial charge >= 0.3 is 0 Å². The van der Waals surface area contributed by atoms with Gasteiger partial charge in [0.25, 0.3) is 5.91 Å². The Morgan fingerprint density at radius 3 is 2.29 bits per heavy atom. The number of hydrogen-bond acceptors (Lipinski definition) is 1. The van der Waals surface area contributed by atoms with Crippen LogP contribution in [0.1, 0.15) is 15.9 Å². The number of halogens is 4. The van der Waals surface area contributed by atoms with Crippen LogP contribution in [-0.2, 0) is 6.42 Å². The lowest BCUT2D eigenvalue weighted by Gasteiger charge is -2.07. The Labute approximate surface area is 128 Å². The van der Waals surface area contributed by atoms with Crippen LogP contribution in [0.4, 0.5) is 18.9 Å². The van der Waals surface area contributed by atoms with Crippen LogP contribution in [0.2, 0.25) is 0 Å². The molecule has 0 unspecified atom stereocenters. The monoisotopic (exact) mass is 357 g/mol. The molecule has 0 aliphatic heterocycles. The molecule has 0 aliphatic rings. The number of nitrogens with one attached hydrogen (secondary N) is 1. The van der Waals surface area contributed by atoms with Crippen molar-refractivity contribution in [1.82, 2.24) is 0 Å². The van der Waals surface area contributed by atoms with Gasteiger partial charge in [-0.1, -0.05) is 28.1 Å². The SMILES string of the molecule is O=C(Nc1ccc(CCBr)cc1)c1ccc(F)c(F)c1F. The fraction of sp³-hybridized carbons (Fsp3) is 0.133. The zero-order valence-electron chi connectivity index (χ0n) is 10.8. The first kappa shape index (κ1) is 15.6. The third-order valence-electron chi connectivity index (χ3n) is 2.87. The molecule has 0 atom stereocenters. The summed E-state index contributed by atoms with van der Waals surface area (Å²) in [7, 11) is 0. The average molecular weight is 358 g/mol. The average Bonchev–Trinajstić information content (AvgIpc) is 2.47. The highest BCUT2D eigenvalue weighted by Gasteiger charge is 2.18. The van der Waals surface area contributed by atoms with Gasteiger partial charge in [-0.25, -0.2) is 13.2 Å². The number of aryl methyl sites for hydroxylation is 1. The summed E-state index contributed by atoms with van der Waals surface area (Å²) in [5, 5.41) is 3.25. The highest BCUT2D eigenvalue weighted by molar-refractivity contribution is 9.09.